The maximum Gasteiger partial charge on any atom is 0.335 e. The molecule has 0 aliphatic carbocycles. The maximum atomic E-state index is 12.1. The van der Waals surface area contributed by atoms with Gasteiger partial charge >= 0.3 is 11.9 Å². The highest BCUT2D eigenvalue weighted by Crippen LogP contribution is 2.28. The molecule has 8 nitrogen and oxygen atoms in total. The van der Waals surface area contributed by atoms with Crippen LogP contribution in [0.15, 0.2) is 24.3 Å². The Kier molecular flexibility index (Phi) is 4.81. The average Bonchev–Trinajstić information content (AvgIpc) is 2.85. The molecule has 2 atom stereocenters. The van der Waals surface area contributed by atoms with Crippen LogP contribution in [0.5, 0.6) is 0 Å². The van der Waals surface area contributed by atoms with Gasteiger partial charge in [0.15, 0.2) is 9.84 Å². The lowest BCUT2D eigenvalue weighted by Crippen LogP contribution is -2.59. The number of hydrogen-bond donors (Lipinski definition) is 2. The highest BCUT2D eigenvalue weighted by atomic mass is 32.2. The molecule has 0 aromatic heterocycles. The molecule has 2 N–H and O–H groups in total. The van der Waals surface area contributed by atoms with Gasteiger partial charge in [-0.3, -0.25) is 14.6 Å². The van der Waals surface area contributed by atoms with Crippen LogP contribution in [-0.2, 0) is 21.2 Å². The number of carbonyl (C=O) groups is 2. The summed E-state index contributed by atoms with van der Waals surface area (Å²) >= 11 is 0. The number of piperazine rings is 1. The molecule has 0 radical (unpaired) electrons. The standard InChI is InChI=1S/C16H20N2O6S/c19-15(20)8-18-5-4-17(13-9-25(23,24)10-14(13)18)7-11-2-1-3-12(6-11)16(21)22/h1-3,6,13-14H,4-5,7-10H2,(H,19,20)(H,21,22)/t13-,14+/m1/s1. The van der Waals surface area contributed by atoms with E-state index in [1.807, 2.05) is 11.0 Å². The third kappa shape index (κ3) is 4.00. The second kappa shape index (κ2) is 6.74. The van der Waals surface area contributed by atoms with Crippen LogP contribution >= 0.6 is 0 Å². The maximum absolute atomic E-state index is 12.1. The minimum atomic E-state index is -3.21. The summed E-state index contributed by atoms with van der Waals surface area (Å²) < 4.78 is 24.2. The van der Waals surface area contributed by atoms with Crippen molar-refractivity contribution in [1.29, 1.82) is 0 Å². The Bertz CT molecular complexity index is 794. The number of fused-ring (bicyclic) bond motifs is 1. The predicted molar refractivity (Wildman–Crippen MR) is 89.2 cm³/mol. The first-order valence-electron chi connectivity index (χ1n) is 7.98. The number of aliphatic carboxylic acids is 1. The van der Waals surface area contributed by atoms with Crippen molar-refractivity contribution in [2.75, 3.05) is 31.1 Å². The van der Waals surface area contributed by atoms with Crippen molar-refractivity contribution >= 4 is 21.8 Å². The molecule has 2 saturated heterocycles. The summed E-state index contributed by atoms with van der Waals surface area (Å²) in [6.07, 6.45) is 0. The second-order valence-corrected chi connectivity index (χ2v) is 8.71. The predicted octanol–water partition coefficient (Wildman–Crippen LogP) is -0.247. The van der Waals surface area contributed by atoms with Crippen LogP contribution < -0.4 is 0 Å². The van der Waals surface area contributed by atoms with E-state index in [-0.39, 0.29) is 35.7 Å². The van der Waals surface area contributed by atoms with Crippen LogP contribution in [0.25, 0.3) is 0 Å². The summed E-state index contributed by atoms with van der Waals surface area (Å²) in [6.45, 7) is 1.29. The van der Waals surface area contributed by atoms with E-state index in [0.717, 1.165) is 5.56 Å². The smallest absolute Gasteiger partial charge is 0.335 e. The third-order valence-corrected chi connectivity index (χ3v) is 6.50. The average molecular weight is 368 g/mol. The van der Waals surface area contributed by atoms with Crippen LogP contribution in [0.2, 0.25) is 0 Å². The minimum absolute atomic E-state index is 0.00636. The van der Waals surface area contributed by atoms with Crippen LogP contribution in [0.3, 0.4) is 0 Å². The molecule has 2 aliphatic heterocycles. The number of rotatable bonds is 5. The van der Waals surface area contributed by atoms with Crippen molar-refractivity contribution < 1.29 is 28.2 Å². The van der Waals surface area contributed by atoms with Gasteiger partial charge < -0.3 is 10.2 Å². The molecule has 3 rings (SSSR count). The fraction of sp³-hybridized carbons (Fsp3) is 0.500. The molecular formula is C16H20N2O6S. The monoisotopic (exact) mass is 368 g/mol. The topological polar surface area (TPSA) is 115 Å². The number of sulfone groups is 1. The quantitative estimate of drug-likeness (QED) is 0.731. The number of carboxylic acid groups (broad SMARTS) is 2. The Morgan fingerprint density at radius 3 is 2.36 bits per heavy atom. The lowest BCUT2D eigenvalue weighted by molar-refractivity contribution is -0.139. The fourth-order valence-electron chi connectivity index (χ4n) is 3.70. The number of carboxylic acids is 2. The highest BCUT2D eigenvalue weighted by molar-refractivity contribution is 7.91. The van der Waals surface area contributed by atoms with E-state index < -0.39 is 21.8 Å². The molecule has 0 amide bonds. The van der Waals surface area contributed by atoms with Gasteiger partial charge in [-0.25, -0.2) is 13.2 Å². The molecule has 1 aromatic carbocycles. The summed E-state index contributed by atoms with van der Waals surface area (Å²) in [7, 11) is -3.21. The van der Waals surface area contributed by atoms with Crippen LogP contribution in [-0.4, -0.2) is 83.6 Å². The minimum Gasteiger partial charge on any atom is -0.480 e. The Morgan fingerprint density at radius 1 is 1.08 bits per heavy atom. The molecule has 1 aromatic rings. The van der Waals surface area contributed by atoms with E-state index in [1.165, 1.54) is 6.07 Å². The zero-order valence-corrected chi connectivity index (χ0v) is 14.4. The fourth-order valence-corrected chi connectivity index (χ4v) is 5.74. The zero-order chi connectivity index (χ0) is 18.2. The third-order valence-electron chi connectivity index (χ3n) is 4.80. The zero-order valence-electron chi connectivity index (χ0n) is 13.5. The van der Waals surface area contributed by atoms with Gasteiger partial charge in [0.25, 0.3) is 0 Å². The molecule has 0 bridgehead atoms. The van der Waals surface area contributed by atoms with Crippen LogP contribution in [0, 0.1) is 0 Å². The molecule has 25 heavy (non-hydrogen) atoms. The van der Waals surface area contributed by atoms with Crippen molar-refractivity contribution in [2.45, 2.75) is 18.6 Å². The second-order valence-electron chi connectivity index (χ2n) is 6.55. The van der Waals surface area contributed by atoms with E-state index in [1.54, 1.807) is 17.0 Å². The molecule has 9 heteroatoms. The summed E-state index contributed by atoms with van der Waals surface area (Å²) in [4.78, 5) is 25.9. The van der Waals surface area contributed by atoms with E-state index >= 15 is 0 Å². The summed E-state index contributed by atoms with van der Waals surface area (Å²) in [5.74, 6) is -2.00. The lowest BCUT2D eigenvalue weighted by Gasteiger charge is -2.43. The van der Waals surface area contributed by atoms with E-state index in [4.69, 9.17) is 10.2 Å². The van der Waals surface area contributed by atoms with E-state index in [9.17, 15) is 18.0 Å². The van der Waals surface area contributed by atoms with E-state index in [0.29, 0.717) is 19.6 Å². The van der Waals surface area contributed by atoms with Crippen LogP contribution in [0.4, 0.5) is 0 Å². The summed E-state index contributed by atoms with van der Waals surface area (Å²) in [6, 6.07) is 5.98. The number of aromatic carboxylic acids is 1. The van der Waals surface area contributed by atoms with Gasteiger partial charge in [0.2, 0.25) is 0 Å². The Morgan fingerprint density at radius 2 is 1.72 bits per heavy atom. The molecule has 0 spiro atoms. The van der Waals surface area contributed by atoms with Gasteiger partial charge in [-0.15, -0.1) is 0 Å². The molecule has 2 fully saturated rings. The van der Waals surface area contributed by atoms with Gasteiger partial charge in [0, 0.05) is 31.7 Å². The molecular weight excluding hydrogens is 348 g/mol. The van der Waals surface area contributed by atoms with Gasteiger partial charge in [0.05, 0.1) is 23.6 Å². The van der Waals surface area contributed by atoms with Crippen molar-refractivity contribution in [1.82, 2.24) is 9.80 Å². The molecule has 0 saturated carbocycles. The number of hydrogen-bond acceptors (Lipinski definition) is 6. The molecule has 0 unspecified atom stereocenters. The first-order valence-corrected chi connectivity index (χ1v) is 9.80. The first-order chi connectivity index (χ1) is 11.7. The lowest BCUT2D eigenvalue weighted by atomic mass is 10.0. The van der Waals surface area contributed by atoms with Gasteiger partial charge in [-0.1, -0.05) is 12.1 Å². The summed E-state index contributed by atoms with van der Waals surface area (Å²) in [5, 5.41) is 18.1. The van der Waals surface area contributed by atoms with Gasteiger partial charge in [-0.05, 0) is 17.7 Å². The molecule has 2 heterocycles. The van der Waals surface area contributed by atoms with E-state index in [2.05, 4.69) is 0 Å². The van der Waals surface area contributed by atoms with Gasteiger partial charge in [-0.2, -0.15) is 0 Å². The van der Waals surface area contributed by atoms with Gasteiger partial charge in [0.1, 0.15) is 0 Å². The summed E-state index contributed by atoms with van der Waals surface area (Å²) in [5.41, 5.74) is 0.993. The molecule has 2 aliphatic rings. The number of benzene rings is 1. The Balaban J connectivity index is 1.80. The Hall–Kier alpha value is -1.97. The first kappa shape index (κ1) is 17.8. The normalized spacial score (nSPS) is 26.2. The molecule has 136 valence electrons. The van der Waals surface area contributed by atoms with Crippen molar-refractivity contribution in [3.8, 4) is 0 Å². The largest absolute Gasteiger partial charge is 0.480 e. The Labute approximate surface area is 145 Å². The highest BCUT2D eigenvalue weighted by Gasteiger charge is 2.46. The van der Waals surface area contributed by atoms with Crippen molar-refractivity contribution in [3.63, 3.8) is 0 Å². The number of nitrogens with zero attached hydrogens (tertiary/aromatic N) is 2. The van der Waals surface area contributed by atoms with Crippen molar-refractivity contribution in [2.24, 2.45) is 0 Å². The SMILES string of the molecule is O=C(O)CN1CCN(Cc2cccc(C(=O)O)c2)[C@@H]2CS(=O)(=O)C[C@@H]21. The van der Waals surface area contributed by atoms with Crippen LogP contribution in [0.1, 0.15) is 15.9 Å². The van der Waals surface area contributed by atoms with Crippen molar-refractivity contribution in [3.05, 3.63) is 35.4 Å².